The van der Waals surface area contributed by atoms with E-state index in [-0.39, 0.29) is 0 Å². The van der Waals surface area contributed by atoms with Gasteiger partial charge in [0.2, 0.25) is 0 Å². The number of hydrogen-bond donors (Lipinski definition) is 0. The molecule has 0 heterocycles. The molecule has 0 aliphatic carbocycles. The minimum atomic E-state index is 0.845. The number of ether oxygens (including phenoxy) is 1. The van der Waals surface area contributed by atoms with E-state index >= 15 is 0 Å². The standard InChI is InChI=1S/C15H13BrO/c16-14-8-10-15(11-9-14)17-12-4-7-13-5-2-1-3-6-13/h1-6,8-12H,7H2. The summed E-state index contributed by atoms with van der Waals surface area (Å²) in [6.45, 7) is 0. The second-order valence-corrected chi connectivity index (χ2v) is 4.55. The molecule has 0 saturated carbocycles. The van der Waals surface area contributed by atoms with E-state index in [9.17, 15) is 0 Å². The van der Waals surface area contributed by atoms with Gasteiger partial charge in [0.05, 0.1) is 6.26 Å². The van der Waals surface area contributed by atoms with Gasteiger partial charge in [0, 0.05) is 4.47 Å². The molecule has 0 amide bonds. The van der Waals surface area contributed by atoms with Crippen LogP contribution in [0.5, 0.6) is 5.75 Å². The molecule has 0 aliphatic heterocycles. The first-order valence-corrected chi connectivity index (χ1v) is 6.25. The van der Waals surface area contributed by atoms with Crippen LogP contribution in [0, 0.1) is 0 Å². The van der Waals surface area contributed by atoms with E-state index in [0.717, 1.165) is 16.6 Å². The van der Waals surface area contributed by atoms with E-state index in [1.165, 1.54) is 5.56 Å². The van der Waals surface area contributed by atoms with Crippen LogP contribution in [-0.2, 0) is 6.42 Å². The second kappa shape index (κ2) is 6.26. The Kier molecular flexibility index (Phi) is 4.39. The molecule has 0 radical (unpaired) electrons. The van der Waals surface area contributed by atoms with Crippen LogP contribution in [0.25, 0.3) is 0 Å². The Morgan fingerprint density at radius 2 is 1.65 bits per heavy atom. The Morgan fingerprint density at radius 1 is 0.941 bits per heavy atom. The first-order valence-electron chi connectivity index (χ1n) is 5.46. The summed E-state index contributed by atoms with van der Waals surface area (Å²) < 4.78 is 6.54. The highest BCUT2D eigenvalue weighted by molar-refractivity contribution is 9.10. The lowest BCUT2D eigenvalue weighted by molar-refractivity contribution is 0.479. The lowest BCUT2D eigenvalue weighted by atomic mass is 10.2. The summed E-state index contributed by atoms with van der Waals surface area (Å²) >= 11 is 3.38. The van der Waals surface area contributed by atoms with Gasteiger partial charge in [0.25, 0.3) is 0 Å². The smallest absolute Gasteiger partial charge is 0.126 e. The maximum Gasteiger partial charge on any atom is 0.126 e. The summed E-state index contributed by atoms with van der Waals surface area (Å²) in [7, 11) is 0. The van der Waals surface area contributed by atoms with E-state index in [2.05, 4.69) is 28.1 Å². The number of allylic oxidation sites excluding steroid dienone is 1. The van der Waals surface area contributed by atoms with E-state index in [1.54, 1.807) is 6.26 Å². The van der Waals surface area contributed by atoms with E-state index in [1.807, 2.05) is 48.5 Å². The van der Waals surface area contributed by atoms with Crippen LogP contribution < -0.4 is 4.74 Å². The molecule has 0 spiro atoms. The Hall–Kier alpha value is -1.54. The summed E-state index contributed by atoms with van der Waals surface area (Å²) in [5, 5.41) is 0. The molecule has 2 aromatic rings. The van der Waals surface area contributed by atoms with Crippen LogP contribution in [0.1, 0.15) is 5.56 Å². The predicted molar refractivity (Wildman–Crippen MR) is 74.1 cm³/mol. The second-order valence-electron chi connectivity index (χ2n) is 3.63. The SMILES string of the molecule is Brc1ccc(OC=CCc2ccccc2)cc1. The van der Waals surface area contributed by atoms with Crippen molar-refractivity contribution in [2.45, 2.75) is 6.42 Å². The zero-order chi connectivity index (χ0) is 11.9. The molecular weight excluding hydrogens is 276 g/mol. The van der Waals surface area contributed by atoms with Gasteiger partial charge < -0.3 is 4.74 Å². The minimum Gasteiger partial charge on any atom is -0.465 e. The van der Waals surface area contributed by atoms with Gasteiger partial charge >= 0.3 is 0 Å². The predicted octanol–water partition coefficient (Wildman–Crippen LogP) is 4.58. The Labute approximate surface area is 110 Å². The number of benzene rings is 2. The summed E-state index contributed by atoms with van der Waals surface area (Å²) in [5.41, 5.74) is 1.28. The molecule has 0 fully saturated rings. The van der Waals surface area contributed by atoms with Crippen LogP contribution in [0.2, 0.25) is 0 Å². The monoisotopic (exact) mass is 288 g/mol. The summed E-state index contributed by atoms with van der Waals surface area (Å²) in [5.74, 6) is 0.845. The van der Waals surface area contributed by atoms with Crippen molar-refractivity contribution >= 4 is 15.9 Å². The maximum absolute atomic E-state index is 5.48. The van der Waals surface area contributed by atoms with Crippen molar-refractivity contribution in [3.8, 4) is 5.75 Å². The highest BCUT2D eigenvalue weighted by atomic mass is 79.9. The molecule has 0 atom stereocenters. The number of rotatable bonds is 4. The van der Waals surface area contributed by atoms with Gasteiger partial charge in [-0.05, 0) is 42.3 Å². The fourth-order valence-corrected chi connectivity index (χ4v) is 1.70. The zero-order valence-electron chi connectivity index (χ0n) is 9.34. The third-order valence-corrected chi connectivity index (χ3v) is 2.84. The molecule has 17 heavy (non-hydrogen) atoms. The summed E-state index contributed by atoms with van der Waals surface area (Å²) in [6, 6.07) is 18.1. The minimum absolute atomic E-state index is 0.845. The number of hydrogen-bond acceptors (Lipinski definition) is 1. The number of halogens is 1. The molecule has 2 heteroatoms. The Morgan fingerprint density at radius 3 is 2.35 bits per heavy atom. The van der Waals surface area contributed by atoms with Crippen molar-refractivity contribution in [1.29, 1.82) is 0 Å². The molecule has 2 aromatic carbocycles. The third-order valence-electron chi connectivity index (χ3n) is 2.31. The fraction of sp³-hybridized carbons (Fsp3) is 0.0667. The van der Waals surface area contributed by atoms with Gasteiger partial charge in [0.15, 0.2) is 0 Å². The Bertz CT molecular complexity index is 474. The van der Waals surface area contributed by atoms with Gasteiger partial charge in [-0.2, -0.15) is 0 Å². The van der Waals surface area contributed by atoms with Crippen LogP contribution >= 0.6 is 15.9 Å². The fourth-order valence-electron chi connectivity index (χ4n) is 1.44. The average Bonchev–Trinajstić information content (AvgIpc) is 2.38. The van der Waals surface area contributed by atoms with Gasteiger partial charge in [-0.3, -0.25) is 0 Å². The molecule has 86 valence electrons. The topological polar surface area (TPSA) is 9.23 Å². The van der Waals surface area contributed by atoms with Crippen LogP contribution in [-0.4, -0.2) is 0 Å². The molecular formula is C15H13BrO. The van der Waals surface area contributed by atoms with Gasteiger partial charge in [0.1, 0.15) is 5.75 Å². The zero-order valence-corrected chi connectivity index (χ0v) is 10.9. The summed E-state index contributed by atoms with van der Waals surface area (Å²) in [6.07, 6.45) is 4.63. The van der Waals surface area contributed by atoms with E-state index in [4.69, 9.17) is 4.74 Å². The van der Waals surface area contributed by atoms with Crippen molar-refractivity contribution in [2.75, 3.05) is 0 Å². The van der Waals surface area contributed by atoms with E-state index < -0.39 is 0 Å². The molecule has 0 aromatic heterocycles. The molecule has 0 N–H and O–H groups in total. The highest BCUT2D eigenvalue weighted by Gasteiger charge is 1.90. The van der Waals surface area contributed by atoms with Gasteiger partial charge in [-0.25, -0.2) is 0 Å². The maximum atomic E-state index is 5.48. The normalized spacial score (nSPS) is 10.6. The van der Waals surface area contributed by atoms with E-state index in [0.29, 0.717) is 0 Å². The molecule has 2 rings (SSSR count). The first kappa shape index (κ1) is 11.9. The van der Waals surface area contributed by atoms with Crippen LogP contribution in [0.4, 0.5) is 0 Å². The van der Waals surface area contributed by atoms with Gasteiger partial charge in [-0.15, -0.1) is 0 Å². The lowest BCUT2D eigenvalue weighted by Crippen LogP contribution is -1.83. The van der Waals surface area contributed by atoms with Crippen LogP contribution in [0.3, 0.4) is 0 Å². The van der Waals surface area contributed by atoms with Gasteiger partial charge in [-0.1, -0.05) is 46.3 Å². The average molecular weight is 289 g/mol. The van der Waals surface area contributed by atoms with Crippen molar-refractivity contribution in [3.05, 3.63) is 77.0 Å². The third kappa shape index (κ3) is 4.08. The van der Waals surface area contributed by atoms with Crippen molar-refractivity contribution in [1.82, 2.24) is 0 Å². The molecule has 0 aliphatic rings. The molecule has 0 bridgehead atoms. The molecule has 0 unspecified atom stereocenters. The van der Waals surface area contributed by atoms with Crippen molar-refractivity contribution in [3.63, 3.8) is 0 Å². The quantitative estimate of drug-likeness (QED) is 0.748. The first-order chi connectivity index (χ1) is 8.34. The summed E-state index contributed by atoms with van der Waals surface area (Å²) in [4.78, 5) is 0. The van der Waals surface area contributed by atoms with Crippen LogP contribution in [0.15, 0.2) is 71.4 Å². The van der Waals surface area contributed by atoms with Crippen molar-refractivity contribution in [2.24, 2.45) is 0 Å². The van der Waals surface area contributed by atoms with Crippen molar-refractivity contribution < 1.29 is 4.74 Å². The largest absolute Gasteiger partial charge is 0.465 e. The molecule has 1 nitrogen and oxygen atoms in total. The molecule has 0 saturated heterocycles. The highest BCUT2D eigenvalue weighted by Crippen LogP contribution is 2.16. The Balaban J connectivity index is 1.84. The lowest BCUT2D eigenvalue weighted by Gasteiger charge is -1.99.